The third-order valence-corrected chi connectivity index (χ3v) is 4.29. The van der Waals surface area contributed by atoms with Crippen LogP contribution in [0.4, 0.5) is 18.9 Å². The summed E-state index contributed by atoms with van der Waals surface area (Å²) in [6.07, 6.45) is -1.81. The molecule has 0 saturated carbocycles. The summed E-state index contributed by atoms with van der Waals surface area (Å²) in [5.41, 5.74) is 1.09. The highest BCUT2D eigenvalue weighted by Gasteiger charge is 2.29. The Labute approximate surface area is 170 Å². The van der Waals surface area contributed by atoms with Crippen LogP contribution in [0.5, 0.6) is 11.6 Å². The SMILES string of the molecule is O=C(COc1ccc(N2CCCC2=O)cc1)NCc1cccnc1OCC(F)(F)F. The van der Waals surface area contributed by atoms with Gasteiger partial charge in [-0.1, -0.05) is 6.07 Å². The van der Waals surface area contributed by atoms with Crippen molar-refractivity contribution in [1.29, 1.82) is 0 Å². The number of amides is 2. The summed E-state index contributed by atoms with van der Waals surface area (Å²) >= 11 is 0. The summed E-state index contributed by atoms with van der Waals surface area (Å²) in [5.74, 6) is -0.115. The quantitative estimate of drug-likeness (QED) is 0.706. The molecular formula is C20H20F3N3O4. The Bertz CT molecular complexity index is 888. The van der Waals surface area contributed by atoms with Gasteiger partial charge in [0.1, 0.15) is 5.75 Å². The third kappa shape index (κ3) is 6.10. The fourth-order valence-electron chi connectivity index (χ4n) is 2.88. The lowest BCUT2D eigenvalue weighted by Gasteiger charge is -2.16. The number of hydrogen-bond donors (Lipinski definition) is 1. The summed E-state index contributed by atoms with van der Waals surface area (Å²) in [5, 5.41) is 2.55. The number of benzene rings is 1. The van der Waals surface area contributed by atoms with Crippen molar-refractivity contribution in [1.82, 2.24) is 10.3 Å². The van der Waals surface area contributed by atoms with Crippen molar-refractivity contribution in [3.63, 3.8) is 0 Å². The highest BCUT2D eigenvalue weighted by atomic mass is 19.4. The molecule has 1 aromatic heterocycles. The van der Waals surface area contributed by atoms with Crippen molar-refractivity contribution in [3.8, 4) is 11.6 Å². The Kier molecular flexibility index (Phi) is 6.76. The van der Waals surface area contributed by atoms with Gasteiger partial charge in [0.05, 0.1) is 0 Å². The molecule has 0 unspecified atom stereocenters. The second-order valence-electron chi connectivity index (χ2n) is 6.58. The van der Waals surface area contributed by atoms with E-state index in [-0.39, 0.29) is 24.9 Å². The van der Waals surface area contributed by atoms with E-state index < -0.39 is 18.7 Å². The summed E-state index contributed by atoms with van der Waals surface area (Å²) in [6, 6.07) is 9.87. The zero-order valence-electron chi connectivity index (χ0n) is 15.9. The molecule has 2 amide bonds. The van der Waals surface area contributed by atoms with Crippen LogP contribution in [-0.2, 0) is 16.1 Å². The summed E-state index contributed by atoms with van der Waals surface area (Å²) < 4.78 is 47.1. The second kappa shape index (κ2) is 9.47. The number of halogens is 3. The van der Waals surface area contributed by atoms with Crippen LogP contribution in [0.25, 0.3) is 0 Å². The normalized spacial score (nSPS) is 14.0. The van der Waals surface area contributed by atoms with E-state index in [1.807, 2.05) is 0 Å². The monoisotopic (exact) mass is 423 g/mol. The predicted molar refractivity (Wildman–Crippen MR) is 101 cm³/mol. The van der Waals surface area contributed by atoms with Gasteiger partial charge in [-0.2, -0.15) is 13.2 Å². The molecule has 0 spiro atoms. The lowest BCUT2D eigenvalue weighted by Crippen LogP contribution is -2.29. The first kappa shape index (κ1) is 21.4. The van der Waals surface area contributed by atoms with E-state index >= 15 is 0 Å². The smallest absolute Gasteiger partial charge is 0.422 e. The summed E-state index contributed by atoms with van der Waals surface area (Å²) in [6.45, 7) is -1.11. The molecule has 0 atom stereocenters. The number of rotatable bonds is 8. The second-order valence-corrected chi connectivity index (χ2v) is 6.58. The van der Waals surface area contributed by atoms with Gasteiger partial charge in [0.2, 0.25) is 11.8 Å². The van der Waals surface area contributed by atoms with Crippen LogP contribution in [0.15, 0.2) is 42.6 Å². The van der Waals surface area contributed by atoms with Crippen LogP contribution in [0.3, 0.4) is 0 Å². The molecular weight excluding hydrogens is 403 g/mol. The van der Waals surface area contributed by atoms with E-state index in [4.69, 9.17) is 4.74 Å². The number of aromatic nitrogens is 1. The number of carbonyl (C=O) groups is 2. The summed E-state index contributed by atoms with van der Waals surface area (Å²) in [7, 11) is 0. The van der Waals surface area contributed by atoms with Gasteiger partial charge < -0.3 is 19.7 Å². The van der Waals surface area contributed by atoms with Crippen LogP contribution in [0, 0.1) is 0 Å². The van der Waals surface area contributed by atoms with E-state index in [9.17, 15) is 22.8 Å². The van der Waals surface area contributed by atoms with Crippen LogP contribution in [0.2, 0.25) is 0 Å². The van der Waals surface area contributed by atoms with Gasteiger partial charge in [-0.3, -0.25) is 9.59 Å². The number of pyridine rings is 1. The average molecular weight is 423 g/mol. The minimum absolute atomic E-state index is 0.0563. The fourth-order valence-corrected chi connectivity index (χ4v) is 2.88. The van der Waals surface area contributed by atoms with Crippen molar-refractivity contribution in [2.75, 3.05) is 24.7 Å². The Morgan fingerprint density at radius 3 is 2.60 bits per heavy atom. The number of nitrogens with zero attached hydrogens (tertiary/aromatic N) is 2. The highest BCUT2D eigenvalue weighted by molar-refractivity contribution is 5.95. The van der Waals surface area contributed by atoms with E-state index in [1.165, 1.54) is 18.3 Å². The minimum atomic E-state index is -4.48. The fraction of sp³-hybridized carbons (Fsp3) is 0.350. The third-order valence-electron chi connectivity index (χ3n) is 4.29. The van der Waals surface area contributed by atoms with E-state index in [0.717, 1.165) is 12.1 Å². The maximum atomic E-state index is 12.3. The molecule has 10 heteroatoms. The zero-order valence-corrected chi connectivity index (χ0v) is 15.9. The molecule has 1 N–H and O–H groups in total. The molecule has 1 aliphatic rings. The van der Waals surface area contributed by atoms with Crippen LogP contribution < -0.4 is 19.7 Å². The predicted octanol–water partition coefficient (Wildman–Crippen LogP) is 2.84. The number of carbonyl (C=O) groups excluding carboxylic acids is 2. The zero-order chi connectivity index (χ0) is 21.6. The molecule has 0 bridgehead atoms. The van der Waals surface area contributed by atoms with Crippen molar-refractivity contribution < 1.29 is 32.2 Å². The molecule has 0 aliphatic carbocycles. The number of ether oxygens (including phenoxy) is 2. The standard InChI is InChI=1S/C20H20F3N3O4/c21-20(22,23)13-30-19-14(3-1-9-24-19)11-25-17(27)12-29-16-7-5-15(6-8-16)26-10-2-4-18(26)28/h1,3,5-9H,2,4,10-13H2,(H,25,27). The maximum Gasteiger partial charge on any atom is 0.422 e. The lowest BCUT2D eigenvalue weighted by atomic mass is 10.2. The van der Waals surface area contributed by atoms with Crippen molar-refractivity contribution in [2.24, 2.45) is 0 Å². The van der Waals surface area contributed by atoms with Gasteiger partial charge in [-0.05, 0) is 36.8 Å². The molecule has 1 fully saturated rings. The highest BCUT2D eigenvalue weighted by Crippen LogP contribution is 2.24. The van der Waals surface area contributed by atoms with Crippen LogP contribution in [0.1, 0.15) is 18.4 Å². The molecule has 2 aromatic rings. The van der Waals surface area contributed by atoms with Crippen LogP contribution >= 0.6 is 0 Å². The molecule has 1 saturated heterocycles. The maximum absolute atomic E-state index is 12.3. The first-order valence-electron chi connectivity index (χ1n) is 9.25. The van der Waals surface area contributed by atoms with E-state index in [1.54, 1.807) is 29.2 Å². The van der Waals surface area contributed by atoms with Gasteiger partial charge in [0.15, 0.2) is 13.2 Å². The Hall–Kier alpha value is -3.30. The molecule has 3 rings (SSSR count). The van der Waals surface area contributed by atoms with E-state index in [2.05, 4.69) is 15.0 Å². The average Bonchev–Trinajstić information content (AvgIpc) is 3.15. The number of alkyl halides is 3. The van der Waals surface area contributed by atoms with Crippen molar-refractivity contribution in [3.05, 3.63) is 48.2 Å². The lowest BCUT2D eigenvalue weighted by molar-refractivity contribution is -0.154. The molecule has 30 heavy (non-hydrogen) atoms. The molecule has 2 heterocycles. The Morgan fingerprint density at radius 1 is 1.17 bits per heavy atom. The topological polar surface area (TPSA) is 80.8 Å². The molecule has 160 valence electrons. The number of nitrogens with one attached hydrogen (secondary N) is 1. The van der Waals surface area contributed by atoms with E-state index in [0.29, 0.717) is 24.3 Å². The van der Waals surface area contributed by atoms with Gasteiger partial charge in [-0.15, -0.1) is 0 Å². The molecule has 1 aliphatic heterocycles. The number of hydrogen-bond acceptors (Lipinski definition) is 5. The van der Waals surface area contributed by atoms with Crippen molar-refractivity contribution >= 4 is 17.5 Å². The van der Waals surface area contributed by atoms with Gasteiger partial charge in [0.25, 0.3) is 5.91 Å². The van der Waals surface area contributed by atoms with Gasteiger partial charge in [0, 0.05) is 37.0 Å². The largest absolute Gasteiger partial charge is 0.484 e. The summed E-state index contributed by atoms with van der Waals surface area (Å²) in [4.78, 5) is 29.2. The first-order chi connectivity index (χ1) is 14.3. The number of anilines is 1. The molecule has 7 nitrogen and oxygen atoms in total. The van der Waals surface area contributed by atoms with Crippen LogP contribution in [-0.4, -0.2) is 42.7 Å². The van der Waals surface area contributed by atoms with Gasteiger partial charge in [-0.25, -0.2) is 4.98 Å². The van der Waals surface area contributed by atoms with Gasteiger partial charge >= 0.3 is 6.18 Å². The Morgan fingerprint density at radius 2 is 1.93 bits per heavy atom. The Balaban J connectivity index is 1.47. The minimum Gasteiger partial charge on any atom is -0.484 e. The molecule has 0 radical (unpaired) electrons. The first-order valence-corrected chi connectivity index (χ1v) is 9.25. The molecule has 1 aromatic carbocycles. The van der Waals surface area contributed by atoms with Crippen molar-refractivity contribution in [2.45, 2.75) is 25.6 Å².